The van der Waals surface area contributed by atoms with Gasteiger partial charge in [0.15, 0.2) is 12.4 Å². The van der Waals surface area contributed by atoms with Gasteiger partial charge in [-0.3, -0.25) is 0 Å². The summed E-state index contributed by atoms with van der Waals surface area (Å²) in [5, 5.41) is 0. The molecule has 1 aromatic carbocycles. The van der Waals surface area contributed by atoms with E-state index in [4.69, 9.17) is 0 Å². The summed E-state index contributed by atoms with van der Waals surface area (Å²) in [6.07, 6.45) is 12.1. The molecule has 0 spiro atoms. The van der Waals surface area contributed by atoms with Crippen molar-refractivity contribution in [2.75, 3.05) is 0 Å². The van der Waals surface area contributed by atoms with Crippen molar-refractivity contribution in [3.8, 4) is 0 Å². The lowest BCUT2D eigenvalue weighted by Gasteiger charge is -2.24. The highest BCUT2D eigenvalue weighted by atomic mass is 15.0. The minimum atomic E-state index is 0.483. The largest absolute Gasteiger partial charge is 0.244 e. The first kappa shape index (κ1) is 15.8. The molecule has 0 fully saturated rings. The van der Waals surface area contributed by atoms with E-state index >= 15 is 0 Å². The van der Waals surface area contributed by atoms with Crippen LogP contribution in [0, 0.1) is 18.0 Å². The van der Waals surface area contributed by atoms with Gasteiger partial charge in [0.05, 0.1) is 5.92 Å². The van der Waals surface area contributed by atoms with E-state index in [1.54, 1.807) is 0 Å². The van der Waals surface area contributed by atoms with Crippen molar-refractivity contribution in [3.05, 3.63) is 42.1 Å². The van der Waals surface area contributed by atoms with Crippen LogP contribution in [0.15, 0.2) is 40.3 Å². The monoisotopic (exact) mass is 283 g/mol. The minimum absolute atomic E-state index is 0.483. The van der Waals surface area contributed by atoms with Crippen LogP contribution in [-0.4, -0.2) is 12.4 Å². The molecule has 0 radical (unpaired) electrons. The zero-order chi connectivity index (χ0) is 14.9. The summed E-state index contributed by atoms with van der Waals surface area (Å²) in [5.74, 6) is 1.13. The molecular weight excluding hydrogens is 256 g/mol. The predicted octanol–water partition coefficient (Wildman–Crippen LogP) is 5.10. The lowest BCUT2D eigenvalue weighted by Crippen LogP contribution is -2.21. The van der Waals surface area contributed by atoms with Gasteiger partial charge in [0.1, 0.15) is 0 Å². The quantitative estimate of drug-likeness (QED) is 0.445. The molecule has 0 saturated carbocycles. The Bertz CT molecular complexity index is 438. The van der Waals surface area contributed by atoms with E-state index in [2.05, 4.69) is 54.2 Å². The van der Waals surface area contributed by atoms with Gasteiger partial charge >= 0.3 is 0 Å². The first-order valence-electron chi connectivity index (χ1n) is 8.32. The normalized spacial score (nSPS) is 16.4. The van der Waals surface area contributed by atoms with Gasteiger partial charge < -0.3 is 0 Å². The van der Waals surface area contributed by atoms with Crippen molar-refractivity contribution in [2.45, 2.75) is 52.4 Å². The lowest BCUT2D eigenvalue weighted by molar-refractivity contribution is 0.301. The fraction of sp³-hybridized carbons (Fsp3) is 0.526. The molecule has 2 heteroatoms. The summed E-state index contributed by atoms with van der Waals surface area (Å²) in [6.45, 7) is 4.53. The fourth-order valence-corrected chi connectivity index (χ4v) is 3.19. The summed E-state index contributed by atoms with van der Waals surface area (Å²) < 4.78 is 0. The first-order valence-corrected chi connectivity index (χ1v) is 8.32. The highest BCUT2D eigenvalue weighted by molar-refractivity contribution is 6.18. The van der Waals surface area contributed by atoms with Gasteiger partial charge in [0.2, 0.25) is 6.17 Å². The molecule has 112 valence electrons. The van der Waals surface area contributed by atoms with Crippen molar-refractivity contribution in [1.29, 1.82) is 0 Å². The molecule has 1 aliphatic heterocycles. The molecule has 21 heavy (non-hydrogen) atoms. The zero-order valence-electron chi connectivity index (χ0n) is 13.3. The maximum absolute atomic E-state index is 4.47. The van der Waals surface area contributed by atoms with E-state index in [-0.39, 0.29) is 0 Å². The van der Waals surface area contributed by atoms with Gasteiger partial charge in [-0.05, 0) is 30.7 Å². The topological polar surface area (TPSA) is 24.7 Å². The molecule has 0 N–H and O–H groups in total. The van der Waals surface area contributed by atoms with E-state index in [1.165, 1.54) is 31.2 Å². The molecule has 0 aromatic heterocycles. The van der Waals surface area contributed by atoms with Crippen LogP contribution in [0.5, 0.6) is 0 Å². The van der Waals surface area contributed by atoms with E-state index < -0.39 is 0 Å². The van der Waals surface area contributed by atoms with Crippen LogP contribution >= 0.6 is 0 Å². The number of hydrogen-bond acceptors (Lipinski definition) is 2. The molecule has 2 nitrogen and oxygen atoms in total. The third-order valence-electron chi connectivity index (χ3n) is 4.34. The average Bonchev–Trinajstić information content (AvgIpc) is 3.03. The molecule has 0 aliphatic carbocycles. The highest BCUT2D eigenvalue weighted by Crippen LogP contribution is 2.35. The Labute approximate surface area is 129 Å². The smallest absolute Gasteiger partial charge is 0.0965 e. The Morgan fingerprint density at radius 1 is 1.00 bits per heavy atom. The average molecular weight is 283 g/mol. The molecule has 0 saturated heterocycles. The van der Waals surface area contributed by atoms with E-state index in [1.807, 2.05) is 12.4 Å². The maximum atomic E-state index is 4.47. The Morgan fingerprint density at radius 2 is 1.71 bits per heavy atom. The number of unbranched alkanes of at least 4 members (excludes halogenated alkanes) is 2. The zero-order valence-corrected chi connectivity index (χ0v) is 13.3. The van der Waals surface area contributed by atoms with Crippen LogP contribution in [0.4, 0.5) is 0 Å². The van der Waals surface area contributed by atoms with Crippen molar-refractivity contribution < 1.29 is 0 Å². The van der Waals surface area contributed by atoms with Gasteiger partial charge in [-0.15, -0.1) is 0 Å². The Balaban J connectivity index is 2.05. The van der Waals surface area contributed by atoms with E-state index in [9.17, 15) is 0 Å². The van der Waals surface area contributed by atoms with Crippen LogP contribution < -0.4 is 0 Å². The number of nitrogens with zero attached hydrogens (tertiary/aromatic N) is 2. The van der Waals surface area contributed by atoms with Crippen LogP contribution in [0.1, 0.15) is 51.5 Å². The second-order valence-corrected chi connectivity index (χ2v) is 5.87. The maximum Gasteiger partial charge on any atom is 0.244 e. The number of aliphatic imine (C=N–C) groups is 2. The summed E-state index contributed by atoms with van der Waals surface area (Å²) in [5.41, 5.74) is 1.43. The SMILES string of the molecule is CCCCCC(Cc1ccccc1)C(CC)[C+]1N=CC=N1. The summed E-state index contributed by atoms with van der Waals surface area (Å²) >= 11 is 0. The number of hydrogen-bond donors (Lipinski definition) is 0. The third-order valence-corrected chi connectivity index (χ3v) is 4.34. The lowest BCUT2D eigenvalue weighted by atomic mass is 9.80. The van der Waals surface area contributed by atoms with Crippen molar-refractivity contribution in [2.24, 2.45) is 21.8 Å². The van der Waals surface area contributed by atoms with Crippen LogP contribution in [0.3, 0.4) is 0 Å². The predicted molar refractivity (Wildman–Crippen MR) is 91.8 cm³/mol. The first-order chi connectivity index (χ1) is 10.3. The van der Waals surface area contributed by atoms with Gasteiger partial charge in [-0.25, -0.2) is 0 Å². The van der Waals surface area contributed by atoms with Crippen molar-refractivity contribution in [1.82, 2.24) is 0 Å². The highest BCUT2D eigenvalue weighted by Gasteiger charge is 2.34. The van der Waals surface area contributed by atoms with Crippen LogP contribution in [0.2, 0.25) is 0 Å². The molecular formula is C19H27N2+. The summed E-state index contributed by atoms with van der Waals surface area (Å²) in [7, 11) is 0. The molecule has 1 aromatic rings. The number of benzene rings is 1. The molecule has 1 heterocycles. The van der Waals surface area contributed by atoms with Gasteiger partial charge in [-0.2, -0.15) is 0 Å². The molecule has 2 rings (SSSR count). The fourth-order valence-electron chi connectivity index (χ4n) is 3.19. The summed E-state index contributed by atoms with van der Waals surface area (Å²) in [4.78, 5) is 8.93. The standard InChI is InChI=1S/C19H27N2/c1-3-5-7-12-17(15-16-10-8-6-9-11-16)18(4-2)19-20-13-14-21-19/h6,8-11,13-14,17-18H,3-5,7,12,15H2,1-2H3/q+1. The molecule has 0 bridgehead atoms. The molecule has 2 unspecified atom stereocenters. The molecule has 1 aliphatic rings. The Hall–Kier alpha value is -1.57. The minimum Gasteiger partial charge on any atom is -0.0965 e. The van der Waals surface area contributed by atoms with Crippen molar-refractivity contribution in [3.63, 3.8) is 0 Å². The second kappa shape index (κ2) is 8.66. The van der Waals surface area contributed by atoms with E-state index in [0.29, 0.717) is 11.8 Å². The van der Waals surface area contributed by atoms with Crippen LogP contribution in [-0.2, 0) is 6.42 Å². The molecule has 0 amide bonds. The van der Waals surface area contributed by atoms with Gasteiger partial charge in [-0.1, -0.05) is 73.4 Å². The van der Waals surface area contributed by atoms with E-state index in [0.717, 1.165) is 19.0 Å². The van der Waals surface area contributed by atoms with Gasteiger partial charge in [0, 0.05) is 0 Å². The van der Waals surface area contributed by atoms with Crippen molar-refractivity contribution >= 4 is 12.4 Å². The number of rotatable bonds is 9. The Kier molecular flexibility index (Phi) is 6.52. The Morgan fingerprint density at radius 3 is 2.33 bits per heavy atom. The van der Waals surface area contributed by atoms with Gasteiger partial charge in [0.25, 0.3) is 0 Å². The summed E-state index contributed by atoms with van der Waals surface area (Å²) in [6, 6.07) is 10.8. The molecule has 2 atom stereocenters. The van der Waals surface area contributed by atoms with Crippen LogP contribution in [0.25, 0.3) is 0 Å². The second-order valence-electron chi connectivity index (χ2n) is 5.87. The third kappa shape index (κ3) is 4.73.